The van der Waals surface area contributed by atoms with Crippen molar-refractivity contribution in [2.24, 2.45) is 0 Å². The molecule has 7 nitrogen and oxygen atoms in total. The van der Waals surface area contributed by atoms with E-state index in [1.165, 1.54) is 0 Å². The van der Waals surface area contributed by atoms with Crippen molar-refractivity contribution >= 4 is 0 Å². The van der Waals surface area contributed by atoms with Gasteiger partial charge in [-0.1, -0.05) is 23.4 Å². The van der Waals surface area contributed by atoms with E-state index in [0.29, 0.717) is 11.7 Å². The quantitative estimate of drug-likeness (QED) is 0.532. The van der Waals surface area contributed by atoms with Gasteiger partial charge in [0.25, 0.3) is 0 Å². The molecule has 5 rings (SSSR count). The second-order valence-corrected chi connectivity index (χ2v) is 6.89. The number of likely N-dealkylation sites (tertiary alicyclic amines) is 1. The fraction of sp³-hybridized carbons (Fsp3) is 0.238. The summed E-state index contributed by atoms with van der Waals surface area (Å²) in [6.07, 6.45) is 7.44. The van der Waals surface area contributed by atoms with E-state index in [-0.39, 0.29) is 6.04 Å². The van der Waals surface area contributed by atoms with Crippen LogP contribution >= 0.6 is 0 Å². The highest BCUT2D eigenvalue weighted by Gasteiger charge is 2.31. The number of nitrogens with zero attached hydrogens (tertiary/aromatic N) is 6. The van der Waals surface area contributed by atoms with Crippen LogP contribution in [0.15, 0.2) is 71.6 Å². The minimum atomic E-state index is 0.127. The molecule has 7 heteroatoms. The molecule has 4 aromatic rings. The fourth-order valence-electron chi connectivity index (χ4n) is 3.74. The summed E-state index contributed by atoms with van der Waals surface area (Å²) in [7, 11) is 0. The van der Waals surface area contributed by atoms with E-state index in [1.54, 1.807) is 12.4 Å². The van der Waals surface area contributed by atoms with Crippen molar-refractivity contribution in [3.8, 4) is 17.1 Å². The van der Waals surface area contributed by atoms with E-state index in [9.17, 15) is 0 Å². The minimum Gasteiger partial charge on any atom is -0.337 e. The lowest BCUT2D eigenvalue weighted by molar-refractivity contribution is 0.198. The highest BCUT2D eigenvalue weighted by atomic mass is 16.5. The Bertz CT molecular complexity index is 1040. The van der Waals surface area contributed by atoms with Gasteiger partial charge in [0.1, 0.15) is 0 Å². The molecule has 0 unspecified atom stereocenters. The molecule has 1 saturated heterocycles. The predicted octanol–water partition coefficient (Wildman–Crippen LogP) is 3.65. The van der Waals surface area contributed by atoms with Crippen LogP contribution < -0.4 is 0 Å². The smallest absolute Gasteiger partial charge is 0.244 e. The maximum absolute atomic E-state index is 5.62. The predicted molar refractivity (Wildman–Crippen MR) is 103 cm³/mol. The molecule has 0 saturated carbocycles. The first-order valence-corrected chi connectivity index (χ1v) is 9.45. The summed E-state index contributed by atoms with van der Waals surface area (Å²) in [6, 6.07) is 16.2. The van der Waals surface area contributed by atoms with Gasteiger partial charge in [0, 0.05) is 30.7 Å². The fourth-order valence-corrected chi connectivity index (χ4v) is 3.74. The van der Waals surface area contributed by atoms with Crippen molar-refractivity contribution in [1.82, 2.24) is 29.8 Å². The summed E-state index contributed by atoms with van der Waals surface area (Å²) in [4.78, 5) is 11.1. The zero-order chi connectivity index (χ0) is 18.8. The topological polar surface area (TPSA) is 72.9 Å². The molecule has 140 valence electrons. The third kappa shape index (κ3) is 3.20. The molecule has 1 aliphatic rings. The van der Waals surface area contributed by atoms with E-state index < -0.39 is 0 Å². The second kappa shape index (κ2) is 7.36. The molecular weight excluding hydrogens is 352 g/mol. The standard InChI is InChI=1S/C21H20N6O/c1-2-5-17(6-3-1)27-18(10-13-23-27)15-26-14-4-7-19(26)21-24-20(25-28-21)16-8-11-22-12-9-16/h1-3,5-6,8-13,19H,4,7,14-15H2/t19-/m0/s1. The summed E-state index contributed by atoms with van der Waals surface area (Å²) >= 11 is 0. The molecular formula is C21H20N6O. The molecule has 28 heavy (non-hydrogen) atoms. The lowest BCUT2D eigenvalue weighted by atomic mass is 10.2. The van der Waals surface area contributed by atoms with E-state index in [4.69, 9.17) is 4.52 Å². The minimum absolute atomic E-state index is 0.127. The number of para-hydroxylation sites is 1. The van der Waals surface area contributed by atoms with Crippen LogP contribution in [0.1, 0.15) is 30.5 Å². The van der Waals surface area contributed by atoms with Crippen LogP contribution in [0.3, 0.4) is 0 Å². The first-order valence-electron chi connectivity index (χ1n) is 9.45. The van der Waals surface area contributed by atoms with Crippen LogP contribution in [0.2, 0.25) is 0 Å². The SMILES string of the molecule is c1ccc(-n2nccc2CN2CCC[C@H]2c2nc(-c3ccncc3)no2)cc1. The van der Waals surface area contributed by atoms with Gasteiger partial charge in [-0.25, -0.2) is 4.68 Å². The van der Waals surface area contributed by atoms with Crippen molar-refractivity contribution in [3.05, 3.63) is 78.7 Å². The molecule has 0 aliphatic carbocycles. The Labute approximate surface area is 162 Å². The molecule has 0 spiro atoms. The molecule has 0 N–H and O–H groups in total. The number of hydrogen-bond acceptors (Lipinski definition) is 6. The van der Waals surface area contributed by atoms with E-state index in [1.807, 2.05) is 41.2 Å². The van der Waals surface area contributed by atoms with Crippen molar-refractivity contribution in [2.45, 2.75) is 25.4 Å². The Morgan fingerprint density at radius 2 is 1.86 bits per heavy atom. The molecule has 1 fully saturated rings. The zero-order valence-electron chi connectivity index (χ0n) is 15.3. The van der Waals surface area contributed by atoms with E-state index >= 15 is 0 Å². The summed E-state index contributed by atoms with van der Waals surface area (Å²) in [5.41, 5.74) is 3.12. The average Bonchev–Trinajstić information content (AvgIpc) is 3.50. The van der Waals surface area contributed by atoms with Crippen molar-refractivity contribution in [1.29, 1.82) is 0 Å². The van der Waals surface area contributed by atoms with Gasteiger partial charge >= 0.3 is 0 Å². The lowest BCUT2D eigenvalue weighted by Gasteiger charge is -2.21. The number of hydrogen-bond donors (Lipinski definition) is 0. The molecule has 0 bridgehead atoms. The van der Waals surface area contributed by atoms with Crippen LogP contribution in [-0.2, 0) is 6.54 Å². The normalized spacial score (nSPS) is 17.2. The molecule has 0 amide bonds. The highest BCUT2D eigenvalue weighted by molar-refractivity contribution is 5.52. The maximum Gasteiger partial charge on any atom is 0.244 e. The lowest BCUT2D eigenvalue weighted by Crippen LogP contribution is -2.24. The first kappa shape index (κ1) is 16.8. The van der Waals surface area contributed by atoms with Gasteiger partial charge in [-0.05, 0) is 49.7 Å². The average molecular weight is 372 g/mol. The number of pyridine rings is 1. The number of benzene rings is 1. The Morgan fingerprint density at radius 1 is 1.00 bits per heavy atom. The monoisotopic (exact) mass is 372 g/mol. The van der Waals surface area contributed by atoms with Crippen LogP contribution in [0, 0.1) is 0 Å². The van der Waals surface area contributed by atoms with Gasteiger partial charge in [-0.15, -0.1) is 0 Å². The Hall–Kier alpha value is -3.32. The second-order valence-electron chi connectivity index (χ2n) is 6.89. The zero-order valence-corrected chi connectivity index (χ0v) is 15.3. The first-order chi connectivity index (χ1) is 13.9. The van der Waals surface area contributed by atoms with Gasteiger partial charge in [0.05, 0.1) is 17.4 Å². The van der Waals surface area contributed by atoms with Crippen LogP contribution in [0.5, 0.6) is 0 Å². The highest BCUT2D eigenvalue weighted by Crippen LogP contribution is 2.33. The summed E-state index contributed by atoms with van der Waals surface area (Å²) in [5, 5.41) is 8.67. The Morgan fingerprint density at radius 3 is 2.71 bits per heavy atom. The molecule has 0 radical (unpaired) electrons. The Balaban J connectivity index is 1.38. The van der Waals surface area contributed by atoms with Crippen LogP contribution in [-0.4, -0.2) is 36.3 Å². The van der Waals surface area contributed by atoms with Gasteiger partial charge in [0.2, 0.25) is 11.7 Å². The van der Waals surface area contributed by atoms with Crippen molar-refractivity contribution < 1.29 is 4.52 Å². The molecule has 4 heterocycles. The van der Waals surface area contributed by atoms with Crippen molar-refractivity contribution in [3.63, 3.8) is 0 Å². The summed E-state index contributed by atoms with van der Waals surface area (Å²) < 4.78 is 7.61. The van der Waals surface area contributed by atoms with Gasteiger partial charge in [-0.2, -0.15) is 10.1 Å². The molecule has 1 aliphatic heterocycles. The van der Waals surface area contributed by atoms with Crippen LogP contribution in [0.4, 0.5) is 0 Å². The third-order valence-electron chi connectivity index (χ3n) is 5.12. The number of rotatable bonds is 5. The van der Waals surface area contributed by atoms with Gasteiger partial charge in [-0.3, -0.25) is 9.88 Å². The van der Waals surface area contributed by atoms with Gasteiger partial charge in [0.15, 0.2) is 0 Å². The molecule has 3 aromatic heterocycles. The number of aromatic nitrogens is 5. The van der Waals surface area contributed by atoms with Gasteiger partial charge < -0.3 is 4.52 Å². The van der Waals surface area contributed by atoms with E-state index in [2.05, 4.69) is 43.3 Å². The third-order valence-corrected chi connectivity index (χ3v) is 5.12. The summed E-state index contributed by atoms with van der Waals surface area (Å²) in [5.74, 6) is 1.29. The molecule has 1 atom stereocenters. The Kier molecular flexibility index (Phi) is 4.42. The molecule has 1 aromatic carbocycles. The summed E-state index contributed by atoms with van der Waals surface area (Å²) in [6.45, 7) is 1.78. The van der Waals surface area contributed by atoms with Crippen LogP contribution in [0.25, 0.3) is 17.1 Å². The van der Waals surface area contributed by atoms with Crippen molar-refractivity contribution in [2.75, 3.05) is 6.54 Å². The maximum atomic E-state index is 5.62. The van der Waals surface area contributed by atoms with E-state index in [0.717, 1.165) is 42.9 Å². The largest absolute Gasteiger partial charge is 0.337 e.